The zero-order chi connectivity index (χ0) is 21.3. The van der Waals surface area contributed by atoms with Gasteiger partial charge in [0.15, 0.2) is 0 Å². The lowest BCUT2D eigenvalue weighted by Crippen LogP contribution is -2.45. The molecule has 0 spiro atoms. The summed E-state index contributed by atoms with van der Waals surface area (Å²) in [5.41, 5.74) is 3.74. The molecule has 1 N–H and O–H groups in total. The molecule has 158 valence electrons. The Hall–Kier alpha value is -2.18. The molecular formula is C23H26ClN3O2S. The normalized spacial score (nSPS) is 17.4. The second-order valence-corrected chi connectivity index (χ2v) is 9.66. The zero-order valence-corrected chi connectivity index (χ0v) is 18.9. The quantitative estimate of drug-likeness (QED) is 0.747. The monoisotopic (exact) mass is 443 g/mol. The summed E-state index contributed by atoms with van der Waals surface area (Å²) in [4.78, 5) is 33.1. The predicted octanol–water partition coefficient (Wildman–Crippen LogP) is 4.65. The fourth-order valence-electron chi connectivity index (χ4n) is 4.17. The summed E-state index contributed by atoms with van der Waals surface area (Å²) >= 11 is 7.61. The maximum Gasteiger partial charge on any atom is 0.249 e. The van der Waals surface area contributed by atoms with Crippen molar-refractivity contribution in [2.24, 2.45) is 4.99 Å². The van der Waals surface area contributed by atoms with Gasteiger partial charge in [-0.3, -0.25) is 19.5 Å². The maximum absolute atomic E-state index is 13.0. The number of aliphatic imine (C=N–C) groups is 1. The summed E-state index contributed by atoms with van der Waals surface area (Å²) in [6.07, 6.45) is 5.58. The third kappa shape index (κ3) is 4.30. The standard InChI is InChI=1S/C23H26ClN3O2S/c1-14-15(2)30-23-21(14)22(16-8-10-17(24)11-9-16)25-12-20(29)27(23)13-19(28)26-18-6-4-3-5-7-18/h8-11,18H,3-7,12-13H2,1-2H3,(H,26,28). The first-order chi connectivity index (χ1) is 14.4. The van der Waals surface area contributed by atoms with Crippen LogP contribution >= 0.6 is 22.9 Å². The highest BCUT2D eigenvalue weighted by atomic mass is 35.5. The third-order valence-electron chi connectivity index (χ3n) is 5.91. The van der Waals surface area contributed by atoms with E-state index in [1.165, 1.54) is 6.42 Å². The minimum Gasteiger partial charge on any atom is -0.352 e. The number of nitrogens with zero attached hydrogens (tertiary/aromatic N) is 2. The number of halogens is 1. The van der Waals surface area contributed by atoms with E-state index in [0.29, 0.717) is 5.02 Å². The van der Waals surface area contributed by atoms with Crippen molar-refractivity contribution in [3.63, 3.8) is 0 Å². The number of carbonyl (C=O) groups is 2. The van der Waals surface area contributed by atoms with E-state index in [4.69, 9.17) is 11.6 Å². The predicted molar refractivity (Wildman–Crippen MR) is 123 cm³/mol. The van der Waals surface area contributed by atoms with E-state index in [9.17, 15) is 9.59 Å². The molecule has 0 atom stereocenters. The number of benzene rings is 1. The van der Waals surface area contributed by atoms with Crippen LogP contribution < -0.4 is 10.2 Å². The molecule has 1 aliphatic heterocycles. The van der Waals surface area contributed by atoms with E-state index in [0.717, 1.165) is 58.0 Å². The lowest BCUT2D eigenvalue weighted by Gasteiger charge is -2.25. The molecular weight excluding hydrogens is 418 g/mol. The first-order valence-corrected chi connectivity index (χ1v) is 11.6. The number of hydrogen-bond donors (Lipinski definition) is 1. The van der Waals surface area contributed by atoms with Crippen LogP contribution in [-0.2, 0) is 9.59 Å². The van der Waals surface area contributed by atoms with Crippen molar-refractivity contribution in [3.8, 4) is 0 Å². The van der Waals surface area contributed by atoms with E-state index >= 15 is 0 Å². The van der Waals surface area contributed by atoms with Gasteiger partial charge in [-0.2, -0.15) is 0 Å². The smallest absolute Gasteiger partial charge is 0.249 e. The van der Waals surface area contributed by atoms with Crippen LogP contribution in [0.3, 0.4) is 0 Å². The summed E-state index contributed by atoms with van der Waals surface area (Å²) < 4.78 is 0. The summed E-state index contributed by atoms with van der Waals surface area (Å²) in [6.45, 7) is 4.14. The number of carbonyl (C=O) groups excluding carboxylic acids is 2. The van der Waals surface area contributed by atoms with Crippen molar-refractivity contribution in [2.75, 3.05) is 18.0 Å². The molecule has 0 bridgehead atoms. The maximum atomic E-state index is 13.0. The van der Waals surface area contributed by atoms with Gasteiger partial charge in [0, 0.05) is 27.1 Å². The first kappa shape index (κ1) is 21.1. The van der Waals surface area contributed by atoms with Gasteiger partial charge in [-0.15, -0.1) is 11.3 Å². The van der Waals surface area contributed by atoms with Gasteiger partial charge in [-0.05, 0) is 44.4 Å². The minimum absolute atomic E-state index is 0.0224. The van der Waals surface area contributed by atoms with Crippen LogP contribution in [0, 0.1) is 13.8 Å². The number of aryl methyl sites for hydroxylation is 1. The van der Waals surface area contributed by atoms with E-state index < -0.39 is 0 Å². The van der Waals surface area contributed by atoms with Crippen LogP contribution in [0.2, 0.25) is 5.02 Å². The van der Waals surface area contributed by atoms with E-state index in [2.05, 4.69) is 10.3 Å². The molecule has 2 aliphatic rings. The Kier molecular flexibility index (Phi) is 6.25. The van der Waals surface area contributed by atoms with Crippen LogP contribution in [0.1, 0.15) is 53.7 Å². The average Bonchev–Trinajstić information content (AvgIpc) is 2.95. The molecule has 2 heterocycles. The largest absolute Gasteiger partial charge is 0.352 e. The fraction of sp³-hybridized carbons (Fsp3) is 0.435. The lowest BCUT2D eigenvalue weighted by molar-refractivity contribution is -0.123. The number of nitrogens with one attached hydrogen (secondary N) is 1. The zero-order valence-electron chi connectivity index (χ0n) is 17.3. The van der Waals surface area contributed by atoms with Gasteiger partial charge in [0.05, 0.1) is 5.71 Å². The third-order valence-corrected chi connectivity index (χ3v) is 7.39. The molecule has 1 aromatic carbocycles. The van der Waals surface area contributed by atoms with E-state index in [1.54, 1.807) is 16.2 Å². The second-order valence-electron chi connectivity index (χ2n) is 8.02. The molecule has 1 saturated carbocycles. The topological polar surface area (TPSA) is 61.8 Å². The molecule has 1 aromatic heterocycles. The molecule has 4 rings (SSSR count). The van der Waals surface area contributed by atoms with E-state index in [-0.39, 0.29) is 30.9 Å². The number of hydrogen-bond acceptors (Lipinski definition) is 4. The minimum atomic E-state index is -0.153. The van der Waals surface area contributed by atoms with Gasteiger partial charge < -0.3 is 5.32 Å². The van der Waals surface area contributed by atoms with Gasteiger partial charge in [0.2, 0.25) is 11.8 Å². The number of fused-ring (bicyclic) bond motifs is 1. The molecule has 7 heteroatoms. The Morgan fingerprint density at radius 3 is 2.60 bits per heavy atom. The SMILES string of the molecule is Cc1sc2c(c1C)C(c1ccc(Cl)cc1)=NCC(=O)N2CC(=O)NC1CCCCC1. The second kappa shape index (κ2) is 8.90. The van der Waals surface area contributed by atoms with Crippen molar-refractivity contribution in [1.82, 2.24) is 5.32 Å². The van der Waals surface area contributed by atoms with Crippen molar-refractivity contribution >= 4 is 45.5 Å². The highest BCUT2D eigenvalue weighted by molar-refractivity contribution is 7.17. The van der Waals surface area contributed by atoms with Gasteiger partial charge in [0.1, 0.15) is 18.1 Å². The van der Waals surface area contributed by atoms with Gasteiger partial charge >= 0.3 is 0 Å². The number of anilines is 1. The summed E-state index contributed by atoms with van der Waals surface area (Å²) in [5, 5.41) is 4.59. The Morgan fingerprint density at radius 1 is 1.20 bits per heavy atom. The van der Waals surface area contributed by atoms with Gasteiger partial charge in [0.25, 0.3) is 0 Å². The summed E-state index contributed by atoms with van der Waals surface area (Å²) in [7, 11) is 0. The van der Waals surface area contributed by atoms with Gasteiger partial charge in [-0.25, -0.2) is 0 Å². The molecule has 0 unspecified atom stereocenters. The molecule has 30 heavy (non-hydrogen) atoms. The highest BCUT2D eigenvalue weighted by Gasteiger charge is 2.31. The van der Waals surface area contributed by atoms with Crippen molar-refractivity contribution in [3.05, 3.63) is 50.9 Å². The van der Waals surface area contributed by atoms with Crippen LogP contribution in [-0.4, -0.2) is 36.7 Å². The van der Waals surface area contributed by atoms with Crippen LogP contribution in [0.5, 0.6) is 0 Å². The molecule has 0 radical (unpaired) electrons. The molecule has 1 fully saturated rings. The Balaban J connectivity index is 1.64. The van der Waals surface area contributed by atoms with Gasteiger partial charge in [-0.1, -0.05) is 43.0 Å². The molecule has 1 aliphatic carbocycles. The average molecular weight is 444 g/mol. The van der Waals surface area contributed by atoms with Crippen LogP contribution in [0.25, 0.3) is 0 Å². The fourth-order valence-corrected chi connectivity index (χ4v) is 5.47. The van der Waals surface area contributed by atoms with Crippen molar-refractivity contribution in [2.45, 2.75) is 52.0 Å². The number of thiophene rings is 1. The number of rotatable bonds is 4. The molecule has 0 saturated heterocycles. The van der Waals surface area contributed by atoms with Crippen LogP contribution in [0.15, 0.2) is 29.3 Å². The summed E-state index contributed by atoms with van der Waals surface area (Å²) in [6, 6.07) is 7.73. The molecule has 2 aromatic rings. The Bertz CT molecular complexity index is 991. The molecule has 2 amide bonds. The lowest BCUT2D eigenvalue weighted by atomic mass is 9.95. The Morgan fingerprint density at radius 2 is 1.90 bits per heavy atom. The highest BCUT2D eigenvalue weighted by Crippen LogP contribution is 2.38. The van der Waals surface area contributed by atoms with Crippen molar-refractivity contribution < 1.29 is 9.59 Å². The Labute approximate surface area is 186 Å². The van der Waals surface area contributed by atoms with Crippen LogP contribution in [0.4, 0.5) is 5.00 Å². The molecule has 5 nitrogen and oxygen atoms in total. The van der Waals surface area contributed by atoms with Crippen molar-refractivity contribution in [1.29, 1.82) is 0 Å². The first-order valence-electron chi connectivity index (χ1n) is 10.4. The summed E-state index contributed by atoms with van der Waals surface area (Å²) in [5.74, 6) is -0.250. The van der Waals surface area contributed by atoms with E-state index in [1.807, 2.05) is 38.1 Å². The number of amides is 2.